The van der Waals surface area contributed by atoms with Crippen molar-refractivity contribution in [3.05, 3.63) is 46.4 Å². The predicted molar refractivity (Wildman–Crippen MR) is 77.1 cm³/mol. The van der Waals surface area contributed by atoms with Crippen LogP contribution < -0.4 is 10.6 Å². The van der Waals surface area contributed by atoms with Crippen LogP contribution in [0.1, 0.15) is 24.8 Å². The molecule has 0 aliphatic carbocycles. The molecule has 0 radical (unpaired) electrons. The van der Waals surface area contributed by atoms with E-state index in [2.05, 4.69) is 10.6 Å². The monoisotopic (exact) mass is 278 g/mol. The van der Waals surface area contributed by atoms with Crippen molar-refractivity contribution in [1.82, 2.24) is 0 Å². The van der Waals surface area contributed by atoms with Gasteiger partial charge in [-0.3, -0.25) is 4.79 Å². The highest BCUT2D eigenvalue weighted by atomic mass is 32.1. The molecule has 0 aliphatic heterocycles. The van der Waals surface area contributed by atoms with Gasteiger partial charge in [0.15, 0.2) is 0 Å². The summed E-state index contributed by atoms with van der Waals surface area (Å²) in [4.78, 5) is 12.2. The summed E-state index contributed by atoms with van der Waals surface area (Å²) in [5, 5.41) is 7.76. The van der Waals surface area contributed by atoms with Crippen LogP contribution in [-0.2, 0) is 4.79 Å². The Kier molecular flexibility index (Phi) is 4.16. The molecule has 0 aliphatic rings. The first-order valence-electron chi connectivity index (χ1n) is 5.93. The molecule has 100 valence electrons. The lowest BCUT2D eigenvalue weighted by Gasteiger charge is -2.15. The van der Waals surface area contributed by atoms with Crippen molar-refractivity contribution in [2.75, 3.05) is 10.6 Å². The fourth-order valence-electron chi connectivity index (χ4n) is 1.76. The lowest BCUT2D eigenvalue weighted by Crippen LogP contribution is -2.09. The van der Waals surface area contributed by atoms with Crippen molar-refractivity contribution in [1.29, 1.82) is 0 Å². The summed E-state index contributed by atoms with van der Waals surface area (Å²) >= 11 is 1.66. The zero-order valence-corrected chi connectivity index (χ0v) is 11.6. The maximum atomic E-state index is 13.5. The minimum atomic E-state index is -0.440. The molecule has 0 bridgehead atoms. The molecule has 1 amide bonds. The molecular formula is C14H15FN2OS. The van der Waals surface area contributed by atoms with Gasteiger partial charge in [0.2, 0.25) is 5.91 Å². The Hall–Kier alpha value is -1.88. The molecule has 2 N–H and O–H groups in total. The number of hydrogen-bond donors (Lipinski definition) is 2. The summed E-state index contributed by atoms with van der Waals surface area (Å²) in [5.41, 5.74) is 0.960. The Labute approximate surface area is 115 Å². The van der Waals surface area contributed by atoms with Crippen molar-refractivity contribution in [2.45, 2.75) is 19.9 Å². The van der Waals surface area contributed by atoms with E-state index in [4.69, 9.17) is 0 Å². The van der Waals surface area contributed by atoms with E-state index in [0.29, 0.717) is 0 Å². The van der Waals surface area contributed by atoms with Crippen molar-refractivity contribution < 1.29 is 9.18 Å². The molecule has 1 atom stereocenters. The molecule has 2 aromatic rings. The van der Waals surface area contributed by atoms with E-state index in [9.17, 15) is 9.18 Å². The molecule has 0 fully saturated rings. The molecular weight excluding hydrogens is 263 g/mol. The summed E-state index contributed by atoms with van der Waals surface area (Å²) in [6.07, 6.45) is 0. The molecule has 19 heavy (non-hydrogen) atoms. The third-order valence-electron chi connectivity index (χ3n) is 2.63. The van der Waals surface area contributed by atoms with E-state index in [1.54, 1.807) is 23.5 Å². The lowest BCUT2D eigenvalue weighted by atomic mass is 10.2. The van der Waals surface area contributed by atoms with E-state index >= 15 is 0 Å². The summed E-state index contributed by atoms with van der Waals surface area (Å²) in [6, 6.07) is 8.77. The smallest absolute Gasteiger partial charge is 0.221 e. The largest absolute Gasteiger partial charge is 0.378 e. The Bertz CT molecular complexity index is 569. The van der Waals surface area contributed by atoms with Gasteiger partial charge >= 0.3 is 0 Å². The number of hydrogen-bond acceptors (Lipinski definition) is 3. The summed E-state index contributed by atoms with van der Waals surface area (Å²) in [5.74, 6) is -0.730. The van der Waals surface area contributed by atoms with Crippen LogP contribution in [0.2, 0.25) is 0 Å². The van der Waals surface area contributed by atoms with E-state index in [-0.39, 0.29) is 17.6 Å². The minimum absolute atomic E-state index is 0.135. The number of rotatable bonds is 4. The fraction of sp³-hybridized carbons (Fsp3) is 0.214. The fourth-order valence-corrected chi connectivity index (χ4v) is 2.49. The van der Waals surface area contributed by atoms with Gasteiger partial charge in [0, 0.05) is 17.5 Å². The quantitative estimate of drug-likeness (QED) is 0.887. The van der Waals surface area contributed by atoms with Crippen LogP contribution in [0.5, 0.6) is 0 Å². The van der Waals surface area contributed by atoms with Crippen molar-refractivity contribution in [3.8, 4) is 0 Å². The van der Waals surface area contributed by atoms with Gasteiger partial charge in [-0.15, -0.1) is 11.3 Å². The third-order valence-corrected chi connectivity index (χ3v) is 3.69. The zero-order chi connectivity index (χ0) is 13.8. The highest BCUT2D eigenvalue weighted by Gasteiger charge is 2.09. The molecule has 0 spiro atoms. The first-order chi connectivity index (χ1) is 9.06. The van der Waals surface area contributed by atoms with Crippen molar-refractivity contribution in [3.63, 3.8) is 0 Å². The Balaban J connectivity index is 2.14. The average molecular weight is 278 g/mol. The van der Waals surface area contributed by atoms with E-state index in [1.165, 1.54) is 17.9 Å². The summed E-state index contributed by atoms with van der Waals surface area (Å²) in [6.45, 7) is 3.39. The lowest BCUT2D eigenvalue weighted by molar-refractivity contribution is -0.114. The van der Waals surface area contributed by atoms with E-state index in [0.717, 1.165) is 5.69 Å². The number of halogens is 1. The maximum Gasteiger partial charge on any atom is 0.221 e. The molecule has 0 saturated heterocycles. The summed E-state index contributed by atoms with van der Waals surface area (Å²) in [7, 11) is 0. The number of nitrogens with one attached hydrogen (secondary N) is 2. The van der Waals surface area contributed by atoms with Gasteiger partial charge in [0.1, 0.15) is 5.82 Å². The van der Waals surface area contributed by atoms with Gasteiger partial charge in [-0.25, -0.2) is 4.39 Å². The zero-order valence-electron chi connectivity index (χ0n) is 10.7. The third kappa shape index (κ3) is 3.54. The van der Waals surface area contributed by atoms with Crippen LogP contribution in [-0.4, -0.2) is 5.91 Å². The van der Waals surface area contributed by atoms with Gasteiger partial charge < -0.3 is 10.6 Å². The Morgan fingerprint density at radius 3 is 2.79 bits per heavy atom. The Morgan fingerprint density at radius 2 is 2.16 bits per heavy atom. The molecule has 2 rings (SSSR count). The molecule has 1 aromatic heterocycles. The first-order valence-corrected chi connectivity index (χ1v) is 6.81. The van der Waals surface area contributed by atoms with Crippen LogP contribution in [0.4, 0.5) is 15.8 Å². The van der Waals surface area contributed by atoms with Crippen LogP contribution in [0.25, 0.3) is 0 Å². The molecule has 0 saturated carbocycles. The van der Waals surface area contributed by atoms with Crippen LogP contribution in [0.3, 0.4) is 0 Å². The van der Waals surface area contributed by atoms with Gasteiger partial charge in [-0.05, 0) is 36.6 Å². The van der Waals surface area contributed by atoms with E-state index < -0.39 is 5.82 Å². The standard InChI is InChI=1S/C14H15FN2OS/c1-9(14-4-3-7-19-14)16-11-5-6-12(15)13(8-11)17-10(2)18/h3-9,16H,1-2H3,(H,17,18). The Morgan fingerprint density at radius 1 is 1.37 bits per heavy atom. The number of carbonyl (C=O) groups excluding carboxylic acids is 1. The number of anilines is 2. The first kappa shape index (κ1) is 13.5. The molecule has 1 aromatic carbocycles. The molecule has 5 heteroatoms. The highest BCUT2D eigenvalue weighted by molar-refractivity contribution is 7.10. The molecule has 1 unspecified atom stereocenters. The number of benzene rings is 1. The van der Waals surface area contributed by atoms with Gasteiger partial charge in [-0.1, -0.05) is 6.07 Å². The number of thiophene rings is 1. The average Bonchev–Trinajstić information content (AvgIpc) is 2.86. The highest BCUT2D eigenvalue weighted by Crippen LogP contribution is 2.25. The minimum Gasteiger partial charge on any atom is -0.378 e. The molecule has 3 nitrogen and oxygen atoms in total. The van der Waals surface area contributed by atoms with Crippen molar-refractivity contribution >= 4 is 28.6 Å². The van der Waals surface area contributed by atoms with Crippen LogP contribution in [0, 0.1) is 5.82 Å². The second kappa shape index (κ2) is 5.84. The predicted octanol–water partition coefficient (Wildman–Crippen LogP) is 4.02. The maximum absolute atomic E-state index is 13.5. The number of carbonyl (C=O) groups is 1. The van der Waals surface area contributed by atoms with Crippen LogP contribution >= 0.6 is 11.3 Å². The second-order valence-corrected chi connectivity index (χ2v) is 5.24. The van der Waals surface area contributed by atoms with Gasteiger partial charge in [-0.2, -0.15) is 0 Å². The van der Waals surface area contributed by atoms with Crippen LogP contribution in [0.15, 0.2) is 35.7 Å². The topological polar surface area (TPSA) is 41.1 Å². The van der Waals surface area contributed by atoms with Crippen molar-refractivity contribution in [2.24, 2.45) is 0 Å². The second-order valence-electron chi connectivity index (χ2n) is 4.26. The molecule has 1 heterocycles. The SMILES string of the molecule is CC(=O)Nc1cc(NC(C)c2cccs2)ccc1F. The van der Waals surface area contributed by atoms with Gasteiger partial charge in [0.25, 0.3) is 0 Å². The van der Waals surface area contributed by atoms with E-state index in [1.807, 2.05) is 24.4 Å². The number of amides is 1. The summed E-state index contributed by atoms with van der Waals surface area (Å²) < 4.78 is 13.5. The normalized spacial score (nSPS) is 11.9. The van der Waals surface area contributed by atoms with Gasteiger partial charge in [0.05, 0.1) is 11.7 Å².